The zero-order valence-electron chi connectivity index (χ0n) is 13.9. The zero-order valence-corrected chi connectivity index (χ0v) is 14.7. The van der Waals surface area contributed by atoms with Gasteiger partial charge in [-0.1, -0.05) is 41.7 Å². The van der Waals surface area contributed by atoms with Crippen molar-refractivity contribution in [1.29, 1.82) is 0 Å². The minimum Gasteiger partial charge on any atom is -0.486 e. The SMILES string of the molecule is Cc1occc1-c1nnc2sc(COc3ccc4ccccc4c3)nn12. The maximum absolute atomic E-state index is 5.92. The Balaban J connectivity index is 1.41. The molecule has 3 aromatic heterocycles. The first-order valence-corrected chi connectivity index (χ1v) is 8.97. The molecule has 0 aliphatic carbocycles. The van der Waals surface area contributed by atoms with E-state index >= 15 is 0 Å². The molecule has 0 aliphatic heterocycles. The molecule has 26 heavy (non-hydrogen) atoms. The van der Waals surface area contributed by atoms with Crippen molar-refractivity contribution in [2.75, 3.05) is 0 Å². The number of hydrogen-bond acceptors (Lipinski definition) is 6. The Hall–Kier alpha value is -3.19. The normalized spacial score (nSPS) is 11.4. The summed E-state index contributed by atoms with van der Waals surface area (Å²) in [6.45, 7) is 2.28. The molecule has 2 aromatic carbocycles. The minimum absolute atomic E-state index is 0.385. The van der Waals surface area contributed by atoms with Crippen LogP contribution in [-0.2, 0) is 6.61 Å². The Kier molecular flexibility index (Phi) is 3.46. The summed E-state index contributed by atoms with van der Waals surface area (Å²) >= 11 is 1.47. The first-order valence-electron chi connectivity index (χ1n) is 8.15. The third-order valence-electron chi connectivity index (χ3n) is 4.22. The number of furan rings is 1. The van der Waals surface area contributed by atoms with Gasteiger partial charge in [0, 0.05) is 0 Å². The zero-order chi connectivity index (χ0) is 17.5. The van der Waals surface area contributed by atoms with Gasteiger partial charge in [-0.25, -0.2) is 0 Å². The van der Waals surface area contributed by atoms with Crippen LogP contribution >= 0.6 is 11.3 Å². The molecule has 5 aromatic rings. The highest BCUT2D eigenvalue weighted by Gasteiger charge is 2.16. The molecular formula is C19H14N4O2S. The lowest BCUT2D eigenvalue weighted by Gasteiger charge is -2.05. The summed E-state index contributed by atoms with van der Waals surface area (Å²) in [5.74, 6) is 2.29. The van der Waals surface area contributed by atoms with E-state index in [0.29, 0.717) is 12.4 Å². The van der Waals surface area contributed by atoms with Crippen LogP contribution in [0.25, 0.3) is 27.1 Å². The smallest absolute Gasteiger partial charge is 0.235 e. The van der Waals surface area contributed by atoms with Crippen molar-refractivity contribution in [3.05, 3.63) is 65.6 Å². The highest BCUT2D eigenvalue weighted by Crippen LogP contribution is 2.26. The molecule has 0 N–H and O–H groups in total. The quantitative estimate of drug-likeness (QED) is 0.471. The van der Waals surface area contributed by atoms with E-state index in [0.717, 1.165) is 32.4 Å². The molecule has 3 heterocycles. The van der Waals surface area contributed by atoms with Crippen LogP contribution < -0.4 is 4.74 Å². The van der Waals surface area contributed by atoms with Crippen LogP contribution in [0.3, 0.4) is 0 Å². The topological polar surface area (TPSA) is 65.5 Å². The highest BCUT2D eigenvalue weighted by atomic mass is 32.1. The number of benzene rings is 2. The molecule has 0 spiro atoms. The fraction of sp³-hybridized carbons (Fsp3) is 0.105. The largest absolute Gasteiger partial charge is 0.486 e. The predicted molar refractivity (Wildman–Crippen MR) is 99.4 cm³/mol. The van der Waals surface area contributed by atoms with Crippen molar-refractivity contribution in [3.8, 4) is 17.1 Å². The second kappa shape index (κ2) is 5.96. The van der Waals surface area contributed by atoms with Gasteiger partial charge in [-0.2, -0.15) is 9.61 Å². The Morgan fingerprint density at radius 2 is 1.96 bits per heavy atom. The van der Waals surface area contributed by atoms with E-state index in [4.69, 9.17) is 9.15 Å². The van der Waals surface area contributed by atoms with Crippen LogP contribution in [-0.4, -0.2) is 19.8 Å². The number of rotatable bonds is 4. The van der Waals surface area contributed by atoms with Crippen LogP contribution in [0.1, 0.15) is 10.8 Å². The molecular weight excluding hydrogens is 348 g/mol. The molecule has 5 rings (SSSR count). The molecule has 0 bridgehead atoms. The number of aromatic nitrogens is 4. The standard InChI is InChI=1S/C19H14N4O2S/c1-12-16(8-9-24-12)18-20-21-19-23(18)22-17(26-19)11-25-15-7-6-13-4-2-3-5-14(13)10-15/h2-10H,11H2,1H3. The van der Waals surface area contributed by atoms with Crippen LogP contribution in [0.2, 0.25) is 0 Å². The van der Waals surface area contributed by atoms with Gasteiger partial charge in [-0.05, 0) is 35.9 Å². The molecule has 0 aliphatic rings. The Morgan fingerprint density at radius 1 is 1.08 bits per heavy atom. The summed E-state index contributed by atoms with van der Waals surface area (Å²) in [4.78, 5) is 0.734. The third-order valence-corrected chi connectivity index (χ3v) is 5.09. The maximum atomic E-state index is 5.92. The summed E-state index contributed by atoms with van der Waals surface area (Å²) in [5.41, 5.74) is 0.893. The Morgan fingerprint density at radius 3 is 2.81 bits per heavy atom. The molecule has 0 radical (unpaired) electrons. The molecule has 0 unspecified atom stereocenters. The van der Waals surface area contributed by atoms with E-state index in [1.54, 1.807) is 10.8 Å². The molecule has 128 valence electrons. The van der Waals surface area contributed by atoms with Gasteiger partial charge in [0.1, 0.15) is 18.1 Å². The monoisotopic (exact) mass is 362 g/mol. The first kappa shape index (κ1) is 15.1. The van der Waals surface area contributed by atoms with Gasteiger partial charge in [0.2, 0.25) is 4.96 Å². The van der Waals surface area contributed by atoms with Crippen LogP contribution in [0.4, 0.5) is 0 Å². The summed E-state index contributed by atoms with van der Waals surface area (Å²) in [7, 11) is 0. The lowest BCUT2D eigenvalue weighted by Crippen LogP contribution is -1.97. The van der Waals surface area contributed by atoms with Gasteiger partial charge in [-0.3, -0.25) is 0 Å². The Labute approximate surface area is 152 Å². The van der Waals surface area contributed by atoms with Crippen LogP contribution in [0.15, 0.2) is 59.2 Å². The van der Waals surface area contributed by atoms with Crippen molar-refractivity contribution >= 4 is 27.1 Å². The van der Waals surface area contributed by atoms with E-state index in [-0.39, 0.29) is 0 Å². The lowest BCUT2D eigenvalue weighted by atomic mass is 10.1. The van der Waals surface area contributed by atoms with Crippen LogP contribution in [0, 0.1) is 6.92 Å². The first-order chi connectivity index (χ1) is 12.8. The highest BCUT2D eigenvalue weighted by molar-refractivity contribution is 7.16. The average molecular weight is 362 g/mol. The maximum Gasteiger partial charge on any atom is 0.235 e. The summed E-state index contributed by atoms with van der Waals surface area (Å²) < 4.78 is 13.0. The van der Waals surface area contributed by atoms with Gasteiger partial charge >= 0.3 is 0 Å². The molecule has 7 heteroatoms. The van der Waals surface area contributed by atoms with Gasteiger partial charge in [-0.15, -0.1) is 10.2 Å². The van der Waals surface area contributed by atoms with E-state index in [1.165, 1.54) is 16.7 Å². The van der Waals surface area contributed by atoms with Gasteiger partial charge < -0.3 is 9.15 Å². The van der Waals surface area contributed by atoms with E-state index < -0.39 is 0 Å². The summed E-state index contributed by atoms with van der Waals surface area (Å²) in [6.07, 6.45) is 1.64. The van der Waals surface area contributed by atoms with Crippen molar-refractivity contribution in [3.63, 3.8) is 0 Å². The number of hydrogen-bond donors (Lipinski definition) is 0. The van der Waals surface area contributed by atoms with E-state index in [2.05, 4.69) is 33.5 Å². The second-order valence-corrected chi connectivity index (χ2v) is 6.94. The van der Waals surface area contributed by atoms with Crippen molar-refractivity contribution < 1.29 is 9.15 Å². The fourth-order valence-electron chi connectivity index (χ4n) is 2.90. The molecule has 0 fully saturated rings. The van der Waals surface area contributed by atoms with Crippen LogP contribution in [0.5, 0.6) is 5.75 Å². The predicted octanol–water partition coefficient (Wildman–Crippen LogP) is 4.49. The number of fused-ring (bicyclic) bond motifs is 2. The summed E-state index contributed by atoms with van der Waals surface area (Å²) in [6, 6.07) is 16.2. The fourth-order valence-corrected chi connectivity index (χ4v) is 3.65. The summed E-state index contributed by atoms with van der Waals surface area (Å²) in [5, 5.41) is 16.2. The van der Waals surface area contributed by atoms with Crippen molar-refractivity contribution in [2.24, 2.45) is 0 Å². The number of aryl methyl sites for hydroxylation is 1. The van der Waals surface area contributed by atoms with Gasteiger partial charge in [0.25, 0.3) is 0 Å². The number of ether oxygens (including phenoxy) is 1. The van der Waals surface area contributed by atoms with Crippen molar-refractivity contribution in [1.82, 2.24) is 19.8 Å². The molecule has 0 atom stereocenters. The average Bonchev–Trinajstić information content (AvgIpc) is 3.35. The van der Waals surface area contributed by atoms with Gasteiger partial charge in [0.15, 0.2) is 10.8 Å². The molecule has 6 nitrogen and oxygen atoms in total. The van der Waals surface area contributed by atoms with Gasteiger partial charge in [0.05, 0.1) is 11.8 Å². The number of nitrogens with zero attached hydrogens (tertiary/aromatic N) is 4. The van der Waals surface area contributed by atoms with Crippen molar-refractivity contribution in [2.45, 2.75) is 13.5 Å². The third kappa shape index (κ3) is 2.53. The molecule has 0 amide bonds. The Bertz CT molecular complexity index is 1220. The van der Waals surface area contributed by atoms with E-state index in [1.807, 2.05) is 37.3 Å². The second-order valence-electron chi connectivity index (χ2n) is 5.90. The molecule has 0 saturated carbocycles. The lowest BCUT2D eigenvalue weighted by molar-refractivity contribution is 0.304. The minimum atomic E-state index is 0.385. The van der Waals surface area contributed by atoms with E-state index in [9.17, 15) is 0 Å². The molecule has 0 saturated heterocycles.